The van der Waals surface area contributed by atoms with Crippen molar-refractivity contribution in [2.45, 2.75) is 38.8 Å². The van der Waals surface area contributed by atoms with E-state index in [0.717, 1.165) is 18.6 Å². The fourth-order valence-electron chi connectivity index (χ4n) is 5.83. The van der Waals surface area contributed by atoms with Crippen molar-refractivity contribution in [2.75, 3.05) is 55.6 Å². The number of hydrogen-bond acceptors (Lipinski definition) is 8. The number of nitrogens with two attached hydrogens (primary N) is 1. The average Bonchev–Trinajstić information content (AvgIpc) is 3.10. The van der Waals surface area contributed by atoms with E-state index in [2.05, 4.69) is 10.3 Å². The molecule has 1 fully saturated rings. The standard InChI is InChI=1S/C34H38F3N7O5/c1-5-6-27(38)33(46)41-13-15-42(16-14-41)44-31(40-28-19-26(37)25(36)18-24(28)32(44)45)20(2)43(29-12-11-23(48-3)17-30(29)49-4)34(47)39-22-9-7-21(35)8-10-22/h7-12,17-20,27H,5-6,13-16,38H2,1-4H3,(H,39,47)/t20?,27-/m0/s1. The van der Waals surface area contributed by atoms with Crippen LogP contribution in [0.5, 0.6) is 11.5 Å². The highest BCUT2D eigenvalue weighted by molar-refractivity contribution is 6.03. The van der Waals surface area contributed by atoms with Crippen LogP contribution in [0.2, 0.25) is 0 Å². The number of urea groups is 1. The van der Waals surface area contributed by atoms with Gasteiger partial charge in [0.05, 0.1) is 56.0 Å². The molecule has 1 saturated heterocycles. The average molecular weight is 682 g/mol. The number of benzene rings is 3. The van der Waals surface area contributed by atoms with Gasteiger partial charge in [-0.15, -0.1) is 0 Å². The Morgan fingerprint density at radius 3 is 2.29 bits per heavy atom. The minimum Gasteiger partial charge on any atom is -0.497 e. The molecule has 0 saturated carbocycles. The lowest BCUT2D eigenvalue weighted by Crippen LogP contribution is -2.58. The molecule has 1 unspecified atom stereocenters. The fraction of sp³-hybridized carbons (Fsp3) is 0.353. The Hall–Kier alpha value is -5.31. The summed E-state index contributed by atoms with van der Waals surface area (Å²) in [5.41, 5.74) is 5.79. The lowest BCUT2D eigenvalue weighted by Gasteiger charge is -2.39. The molecule has 4 aromatic rings. The van der Waals surface area contributed by atoms with E-state index >= 15 is 0 Å². The summed E-state index contributed by atoms with van der Waals surface area (Å²) in [5.74, 6) is -2.43. The number of piperazine rings is 1. The number of anilines is 2. The third-order valence-electron chi connectivity index (χ3n) is 8.40. The number of rotatable bonds is 10. The molecule has 49 heavy (non-hydrogen) atoms. The number of fused-ring (bicyclic) bond motifs is 1. The molecule has 1 aromatic heterocycles. The van der Waals surface area contributed by atoms with Crippen LogP contribution in [0.4, 0.5) is 29.3 Å². The van der Waals surface area contributed by atoms with Crippen molar-refractivity contribution in [3.63, 3.8) is 0 Å². The highest BCUT2D eigenvalue weighted by Gasteiger charge is 2.33. The second-order valence-corrected chi connectivity index (χ2v) is 11.6. The van der Waals surface area contributed by atoms with E-state index in [1.54, 1.807) is 35.0 Å². The molecule has 0 spiro atoms. The summed E-state index contributed by atoms with van der Waals surface area (Å²) < 4.78 is 54.8. The van der Waals surface area contributed by atoms with Gasteiger partial charge in [0, 0.05) is 30.9 Å². The number of aromatic nitrogens is 2. The van der Waals surface area contributed by atoms with Gasteiger partial charge in [-0.1, -0.05) is 13.3 Å². The van der Waals surface area contributed by atoms with E-state index < -0.39 is 41.1 Å². The molecular formula is C34H38F3N7O5. The van der Waals surface area contributed by atoms with Gasteiger partial charge < -0.3 is 30.4 Å². The first-order chi connectivity index (χ1) is 23.5. The van der Waals surface area contributed by atoms with Gasteiger partial charge in [-0.3, -0.25) is 14.5 Å². The molecule has 260 valence electrons. The number of amides is 3. The second-order valence-electron chi connectivity index (χ2n) is 11.6. The maximum Gasteiger partial charge on any atom is 0.327 e. The highest BCUT2D eigenvalue weighted by Crippen LogP contribution is 2.37. The molecule has 3 amide bonds. The third-order valence-corrected chi connectivity index (χ3v) is 8.40. The third kappa shape index (κ3) is 7.26. The van der Waals surface area contributed by atoms with Gasteiger partial charge in [0.15, 0.2) is 17.5 Å². The molecule has 3 N–H and O–H groups in total. The normalized spacial score (nSPS) is 14.4. The molecule has 0 bridgehead atoms. The number of hydrogen-bond donors (Lipinski definition) is 2. The largest absolute Gasteiger partial charge is 0.497 e. The van der Waals surface area contributed by atoms with Gasteiger partial charge in [-0.05, 0) is 55.8 Å². The maximum atomic E-state index is 14.5. The molecule has 15 heteroatoms. The zero-order valence-corrected chi connectivity index (χ0v) is 27.6. The van der Waals surface area contributed by atoms with E-state index in [9.17, 15) is 27.6 Å². The number of nitrogens with zero attached hydrogens (tertiary/aromatic N) is 5. The summed E-state index contributed by atoms with van der Waals surface area (Å²) in [7, 11) is 2.88. The quantitative estimate of drug-likeness (QED) is 0.249. The smallest absolute Gasteiger partial charge is 0.327 e. The Labute approximate surface area is 280 Å². The minimum absolute atomic E-state index is 0.0121. The van der Waals surface area contributed by atoms with Crippen molar-refractivity contribution in [1.82, 2.24) is 14.6 Å². The predicted octanol–water partition coefficient (Wildman–Crippen LogP) is 4.54. The highest BCUT2D eigenvalue weighted by atomic mass is 19.2. The van der Waals surface area contributed by atoms with Crippen molar-refractivity contribution < 1.29 is 32.2 Å². The molecule has 2 atom stereocenters. The van der Waals surface area contributed by atoms with Crippen LogP contribution in [0, 0.1) is 17.5 Å². The summed E-state index contributed by atoms with van der Waals surface area (Å²) in [4.78, 5) is 48.8. The molecule has 5 rings (SSSR count). The van der Waals surface area contributed by atoms with Gasteiger partial charge in [-0.25, -0.2) is 27.6 Å². The monoisotopic (exact) mass is 681 g/mol. The summed E-state index contributed by atoms with van der Waals surface area (Å²) in [6, 6.07) is 9.12. The second kappa shape index (κ2) is 14.8. The van der Waals surface area contributed by atoms with Crippen LogP contribution in [0.25, 0.3) is 10.9 Å². The van der Waals surface area contributed by atoms with Gasteiger partial charge in [0.25, 0.3) is 5.56 Å². The Bertz CT molecular complexity index is 1900. The Balaban J connectivity index is 1.64. The maximum absolute atomic E-state index is 14.5. The number of carbonyl (C=O) groups excluding carboxylic acids is 2. The predicted molar refractivity (Wildman–Crippen MR) is 179 cm³/mol. The van der Waals surface area contributed by atoms with Crippen LogP contribution in [-0.4, -0.2) is 72.9 Å². The molecule has 3 aromatic carbocycles. The Kier molecular flexibility index (Phi) is 10.6. The summed E-state index contributed by atoms with van der Waals surface area (Å²) in [6.07, 6.45) is 1.27. The van der Waals surface area contributed by atoms with Gasteiger partial charge in [-0.2, -0.15) is 0 Å². The summed E-state index contributed by atoms with van der Waals surface area (Å²) >= 11 is 0. The van der Waals surface area contributed by atoms with Gasteiger partial charge in [0.2, 0.25) is 5.91 Å². The van der Waals surface area contributed by atoms with E-state index in [1.807, 2.05) is 6.92 Å². The number of ether oxygens (including phenoxy) is 2. The summed E-state index contributed by atoms with van der Waals surface area (Å²) in [5, 5.41) is 4.22. The van der Waals surface area contributed by atoms with Crippen LogP contribution in [0.15, 0.2) is 59.4 Å². The van der Waals surface area contributed by atoms with Crippen molar-refractivity contribution in [1.29, 1.82) is 0 Å². The van der Waals surface area contributed by atoms with Crippen LogP contribution >= 0.6 is 0 Å². The van der Waals surface area contributed by atoms with Crippen molar-refractivity contribution >= 4 is 34.2 Å². The summed E-state index contributed by atoms with van der Waals surface area (Å²) in [6.45, 7) is 4.36. The fourth-order valence-corrected chi connectivity index (χ4v) is 5.83. The van der Waals surface area contributed by atoms with Crippen LogP contribution in [-0.2, 0) is 4.79 Å². The van der Waals surface area contributed by atoms with E-state index in [-0.39, 0.29) is 65.9 Å². The van der Waals surface area contributed by atoms with Gasteiger partial charge in [0.1, 0.15) is 17.3 Å². The molecule has 2 heterocycles. The lowest BCUT2D eigenvalue weighted by molar-refractivity contribution is -0.133. The van der Waals surface area contributed by atoms with Gasteiger partial charge >= 0.3 is 6.03 Å². The first-order valence-corrected chi connectivity index (χ1v) is 15.8. The minimum atomic E-state index is -1.22. The van der Waals surface area contributed by atoms with Crippen molar-refractivity contribution in [3.05, 3.63) is 88.2 Å². The molecule has 0 aliphatic carbocycles. The van der Waals surface area contributed by atoms with Crippen molar-refractivity contribution in [2.24, 2.45) is 5.73 Å². The van der Waals surface area contributed by atoms with Crippen LogP contribution in [0.1, 0.15) is 38.6 Å². The number of carbonyl (C=O) groups is 2. The molecule has 1 aliphatic heterocycles. The van der Waals surface area contributed by atoms with E-state index in [4.69, 9.17) is 15.2 Å². The molecule has 0 radical (unpaired) electrons. The van der Waals surface area contributed by atoms with Crippen LogP contribution in [0.3, 0.4) is 0 Å². The molecular weight excluding hydrogens is 643 g/mol. The van der Waals surface area contributed by atoms with E-state index in [1.165, 1.54) is 48.1 Å². The SMILES string of the molecule is CCC[C@H](N)C(=O)N1CCN(n2c(C(C)N(C(=O)Nc3ccc(F)cc3)c3ccc(OC)cc3OC)nc3cc(F)c(F)cc3c2=O)CC1. The number of nitrogens with one attached hydrogen (secondary N) is 1. The number of methoxy groups -OCH3 is 2. The molecule has 1 aliphatic rings. The first kappa shape index (κ1) is 35.0. The Morgan fingerprint density at radius 1 is 0.980 bits per heavy atom. The Morgan fingerprint density at radius 2 is 1.65 bits per heavy atom. The van der Waals surface area contributed by atoms with E-state index in [0.29, 0.717) is 12.2 Å². The lowest BCUT2D eigenvalue weighted by atomic mass is 10.1. The first-order valence-electron chi connectivity index (χ1n) is 15.8. The number of halogens is 3. The van der Waals surface area contributed by atoms with Crippen molar-refractivity contribution in [3.8, 4) is 11.5 Å². The topological polar surface area (TPSA) is 135 Å². The van der Waals surface area contributed by atoms with Crippen LogP contribution < -0.4 is 36.0 Å². The zero-order chi connectivity index (χ0) is 35.4. The zero-order valence-electron chi connectivity index (χ0n) is 27.6. The molecule has 12 nitrogen and oxygen atoms in total.